The molecule has 14 heavy (non-hydrogen) atoms. The largest absolute Gasteiger partial charge is 0.250 e. The van der Waals surface area contributed by atoms with Crippen LogP contribution < -0.4 is 0 Å². The monoisotopic (exact) mass is 196 g/mol. The van der Waals surface area contributed by atoms with Crippen molar-refractivity contribution in [3.63, 3.8) is 0 Å². The molecule has 0 aliphatic carbocycles. The number of rotatable bonds is 3. The lowest BCUT2D eigenvalue weighted by atomic mass is 9.94. The van der Waals surface area contributed by atoms with Crippen LogP contribution in [0.15, 0.2) is 12.3 Å². The standard InChI is InChI=1S/C11H17FN2/c1-8(2)9-5-6-13-10(14-9)11(3,4)7-12/h5-6,8H,7H2,1-4H3. The van der Waals surface area contributed by atoms with Gasteiger partial charge in [-0.3, -0.25) is 4.39 Å². The van der Waals surface area contributed by atoms with E-state index in [1.54, 1.807) is 6.20 Å². The van der Waals surface area contributed by atoms with Gasteiger partial charge >= 0.3 is 0 Å². The molecule has 0 aliphatic rings. The highest BCUT2D eigenvalue weighted by atomic mass is 19.1. The van der Waals surface area contributed by atoms with Gasteiger partial charge in [-0.05, 0) is 12.0 Å². The molecule has 0 saturated heterocycles. The van der Waals surface area contributed by atoms with E-state index < -0.39 is 12.1 Å². The van der Waals surface area contributed by atoms with Gasteiger partial charge in [0.1, 0.15) is 12.5 Å². The Labute approximate surface area is 84.6 Å². The van der Waals surface area contributed by atoms with Gasteiger partial charge in [0.25, 0.3) is 0 Å². The molecular weight excluding hydrogens is 179 g/mol. The van der Waals surface area contributed by atoms with Crippen molar-refractivity contribution in [2.24, 2.45) is 0 Å². The number of hydrogen-bond acceptors (Lipinski definition) is 2. The smallest absolute Gasteiger partial charge is 0.136 e. The fraction of sp³-hybridized carbons (Fsp3) is 0.636. The highest BCUT2D eigenvalue weighted by Gasteiger charge is 2.24. The van der Waals surface area contributed by atoms with Gasteiger partial charge < -0.3 is 0 Å². The average Bonchev–Trinajstić information content (AvgIpc) is 2.18. The first kappa shape index (κ1) is 11.1. The van der Waals surface area contributed by atoms with E-state index in [2.05, 4.69) is 23.8 Å². The van der Waals surface area contributed by atoms with E-state index in [1.165, 1.54) is 0 Å². The van der Waals surface area contributed by atoms with E-state index in [0.29, 0.717) is 11.7 Å². The Morgan fingerprint density at radius 3 is 2.57 bits per heavy atom. The number of hydrogen-bond donors (Lipinski definition) is 0. The summed E-state index contributed by atoms with van der Waals surface area (Å²) in [4.78, 5) is 8.48. The lowest BCUT2D eigenvalue weighted by Crippen LogP contribution is -2.23. The molecule has 1 aromatic heterocycles. The van der Waals surface area contributed by atoms with Crippen LogP contribution in [0.3, 0.4) is 0 Å². The second kappa shape index (κ2) is 4.03. The lowest BCUT2D eigenvalue weighted by molar-refractivity contribution is 0.336. The summed E-state index contributed by atoms with van der Waals surface area (Å²) in [7, 11) is 0. The molecule has 0 atom stereocenters. The van der Waals surface area contributed by atoms with Gasteiger partial charge in [-0.15, -0.1) is 0 Å². The van der Waals surface area contributed by atoms with Crippen LogP contribution in [0, 0.1) is 0 Å². The maximum absolute atomic E-state index is 12.7. The zero-order chi connectivity index (χ0) is 10.8. The van der Waals surface area contributed by atoms with Crippen molar-refractivity contribution in [1.29, 1.82) is 0 Å². The van der Waals surface area contributed by atoms with Gasteiger partial charge in [0.2, 0.25) is 0 Å². The molecule has 0 saturated carbocycles. The van der Waals surface area contributed by atoms with Gasteiger partial charge in [0, 0.05) is 11.9 Å². The highest BCUT2D eigenvalue weighted by Crippen LogP contribution is 2.21. The molecule has 1 rings (SSSR count). The normalized spacial score (nSPS) is 12.1. The molecule has 1 heterocycles. The third-order valence-corrected chi connectivity index (χ3v) is 2.21. The van der Waals surface area contributed by atoms with Crippen LogP contribution in [0.2, 0.25) is 0 Å². The molecule has 3 heteroatoms. The maximum Gasteiger partial charge on any atom is 0.136 e. The second-order valence-corrected chi connectivity index (χ2v) is 4.48. The number of nitrogens with zero attached hydrogens (tertiary/aromatic N) is 2. The van der Waals surface area contributed by atoms with Gasteiger partial charge in [-0.1, -0.05) is 27.7 Å². The minimum absolute atomic E-state index is 0.354. The quantitative estimate of drug-likeness (QED) is 0.743. The Morgan fingerprint density at radius 1 is 1.43 bits per heavy atom. The SMILES string of the molecule is CC(C)c1ccnc(C(C)(C)CF)n1. The minimum Gasteiger partial charge on any atom is -0.250 e. The first-order chi connectivity index (χ1) is 6.47. The summed E-state index contributed by atoms with van der Waals surface area (Å²) < 4.78 is 12.7. The molecule has 0 spiro atoms. The van der Waals surface area contributed by atoms with Crippen molar-refractivity contribution in [3.8, 4) is 0 Å². The van der Waals surface area contributed by atoms with Crippen LogP contribution in [-0.4, -0.2) is 16.6 Å². The third-order valence-electron chi connectivity index (χ3n) is 2.21. The second-order valence-electron chi connectivity index (χ2n) is 4.48. The maximum atomic E-state index is 12.7. The zero-order valence-electron chi connectivity index (χ0n) is 9.21. The summed E-state index contributed by atoms with van der Waals surface area (Å²) >= 11 is 0. The van der Waals surface area contributed by atoms with Crippen LogP contribution >= 0.6 is 0 Å². The van der Waals surface area contributed by atoms with E-state index in [4.69, 9.17) is 0 Å². The van der Waals surface area contributed by atoms with Crippen molar-refractivity contribution < 1.29 is 4.39 Å². The molecule has 0 fully saturated rings. The molecule has 0 N–H and O–H groups in total. The van der Waals surface area contributed by atoms with E-state index in [1.807, 2.05) is 19.9 Å². The number of alkyl halides is 1. The molecular formula is C11H17FN2. The fourth-order valence-corrected chi connectivity index (χ4v) is 1.08. The molecule has 0 bridgehead atoms. The van der Waals surface area contributed by atoms with Gasteiger partial charge in [0.15, 0.2) is 0 Å². The Hall–Kier alpha value is -0.990. The van der Waals surface area contributed by atoms with E-state index in [0.717, 1.165) is 5.69 Å². The van der Waals surface area contributed by atoms with E-state index >= 15 is 0 Å². The predicted octanol–water partition coefficient (Wildman–Crippen LogP) is 2.85. The topological polar surface area (TPSA) is 25.8 Å². The first-order valence-electron chi connectivity index (χ1n) is 4.87. The summed E-state index contributed by atoms with van der Waals surface area (Å²) in [5.41, 5.74) is 0.391. The minimum atomic E-state index is -0.578. The summed E-state index contributed by atoms with van der Waals surface area (Å²) in [5, 5.41) is 0. The summed E-state index contributed by atoms with van der Waals surface area (Å²) in [6, 6.07) is 1.88. The van der Waals surface area contributed by atoms with Crippen LogP contribution in [-0.2, 0) is 5.41 Å². The number of halogens is 1. The van der Waals surface area contributed by atoms with Crippen molar-refractivity contribution in [2.45, 2.75) is 39.0 Å². The summed E-state index contributed by atoms with van der Waals surface area (Å²) in [6.45, 7) is 7.32. The molecule has 0 unspecified atom stereocenters. The van der Waals surface area contributed by atoms with E-state index in [-0.39, 0.29) is 0 Å². The molecule has 0 amide bonds. The molecule has 1 aromatic rings. The molecule has 0 aliphatic heterocycles. The van der Waals surface area contributed by atoms with Crippen molar-refractivity contribution in [1.82, 2.24) is 9.97 Å². The highest BCUT2D eigenvalue weighted by molar-refractivity contribution is 5.11. The Kier molecular flexibility index (Phi) is 3.19. The summed E-state index contributed by atoms with van der Waals surface area (Å²) in [5.74, 6) is 0.943. The predicted molar refractivity (Wildman–Crippen MR) is 55.1 cm³/mol. The number of aromatic nitrogens is 2. The van der Waals surface area contributed by atoms with Gasteiger partial charge in [-0.2, -0.15) is 0 Å². The van der Waals surface area contributed by atoms with Crippen LogP contribution in [0.25, 0.3) is 0 Å². The van der Waals surface area contributed by atoms with Crippen molar-refractivity contribution >= 4 is 0 Å². The molecule has 0 radical (unpaired) electrons. The Bertz CT molecular complexity index is 308. The van der Waals surface area contributed by atoms with Crippen LogP contribution in [0.1, 0.15) is 45.1 Å². The fourth-order valence-electron chi connectivity index (χ4n) is 1.08. The Balaban J connectivity index is 3.05. The Morgan fingerprint density at radius 2 is 2.07 bits per heavy atom. The van der Waals surface area contributed by atoms with Gasteiger partial charge in [-0.25, -0.2) is 9.97 Å². The molecule has 2 nitrogen and oxygen atoms in total. The van der Waals surface area contributed by atoms with Crippen LogP contribution in [0.4, 0.5) is 4.39 Å². The lowest BCUT2D eigenvalue weighted by Gasteiger charge is -2.19. The molecule has 0 aromatic carbocycles. The third kappa shape index (κ3) is 2.28. The van der Waals surface area contributed by atoms with Crippen molar-refractivity contribution in [3.05, 3.63) is 23.8 Å². The summed E-state index contributed by atoms with van der Waals surface area (Å²) in [6.07, 6.45) is 1.70. The first-order valence-corrected chi connectivity index (χ1v) is 4.87. The zero-order valence-corrected chi connectivity index (χ0v) is 9.21. The molecule has 78 valence electrons. The van der Waals surface area contributed by atoms with Crippen LogP contribution in [0.5, 0.6) is 0 Å². The average molecular weight is 196 g/mol. The van der Waals surface area contributed by atoms with Gasteiger partial charge in [0.05, 0.1) is 5.41 Å². The van der Waals surface area contributed by atoms with Crippen molar-refractivity contribution in [2.75, 3.05) is 6.67 Å². The van der Waals surface area contributed by atoms with E-state index in [9.17, 15) is 4.39 Å².